The van der Waals surface area contributed by atoms with E-state index in [-0.39, 0.29) is 48.6 Å². The fraction of sp³-hybridized carbons (Fsp3) is 0.273. The topological polar surface area (TPSA) is 97.1 Å². The lowest BCUT2D eigenvalue weighted by atomic mass is 10.1. The highest BCUT2D eigenvalue weighted by atomic mass is 35.5. The predicted molar refractivity (Wildman–Crippen MR) is 120 cm³/mol. The molecule has 1 aliphatic heterocycles. The van der Waals surface area contributed by atoms with Gasteiger partial charge in [-0.15, -0.1) is 0 Å². The summed E-state index contributed by atoms with van der Waals surface area (Å²) in [7, 11) is -3.58. The minimum absolute atomic E-state index is 0.0368. The van der Waals surface area contributed by atoms with Crippen molar-refractivity contribution in [3.63, 3.8) is 0 Å². The van der Waals surface area contributed by atoms with Gasteiger partial charge in [-0.05, 0) is 36.8 Å². The van der Waals surface area contributed by atoms with E-state index in [9.17, 15) is 18.0 Å². The van der Waals surface area contributed by atoms with Crippen molar-refractivity contribution < 1.29 is 22.4 Å². The summed E-state index contributed by atoms with van der Waals surface area (Å²) in [5.74, 6) is 0.122. The molecule has 1 amide bonds. The van der Waals surface area contributed by atoms with Crippen molar-refractivity contribution in [2.45, 2.75) is 11.8 Å². The quantitative estimate of drug-likeness (QED) is 0.525. The Morgan fingerprint density at radius 1 is 1.09 bits per heavy atom. The number of piperazine rings is 1. The van der Waals surface area contributed by atoms with Gasteiger partial charge in [-0.3, -0.25) is 4.79 Å². The number of amides is 1. The minimum atomic E-state index is -3.58. The molecule has 32 heavy (non-hydrogen) atoms. The first-order chi connectivity index (χ1) is 15.3. The van der Waals surface area contributed by atoms with Crippen LogP contribution in [0.15, 0.2) is 62.6 Å². The SMILES string of the molecule is Cc1c(Cl)c(=O)oc2cc(OCC(=O)N3CCN(S(=O)(=O)c4ccccc4)CC3)ccc12. The molecule has 1 aliphatic rings. The van der Waals surface area contributed by atoms with Crippen LogP contribution in [0.1, 0.15) is 5.56 Å². The molecule has 0 atom stereocenters. The van der Waals surface area contributed by atoms with Crippen molar-refractivity contribution in [1.82, 2.24) is 9.21 Å². The third-order valence-electron chi connectivity index (χ3n) is 5.40. The summed E-state index contributed by atoms with van der Waals surface area (Å²) < 4.78 is 37.6. The van der Waals surface area contributed by atoms with Crippen LogP contribution in [0, 0.1) is 6.92 Å². The highest BCUT2D eigenvalue weighted by Gasteiger charge is 2.30. The molecule has 0 bridgehead atoms. The Bertz CT molecular complexity index is 1320. The smallest absolute Gasteiger partial charge is 0.355 e. The maximum absolute atomic E-state index is 12.7. The van der Waals surface area contributed by atoms with E-state index in [1.165, 1.54) is 10.4 Å². The van der Waals surface area contributed by atoms with E-state index in [4.69, 9.17) is 20.8 Å². The van der Waals surface area contributed by atoms with E-state index in [2.05, 4.69) is 0 Å². The van der Waals surface area contributed by atoms with Crippen LogP contribution in [0.2, 0.25) is 5.02 Å². The summed E-state index contributed by atoms with van der Waals surface area (Å²) in [5, 5.41) is 0.721. The van der Waals surface area contributed by atoms with Gasteiger partial charge < -0.3 is 14.1 Å². The second-order valence-corrected chi connectivity index (χ2v) is 9.69. The summed E-state index contributed by atoms with van der Waals surface area (Å²) in [6.45, 7) is 2.49. The number of hydrogen-bond donors (Lipinski definition) is 0. The van der Waals surface area contributed by atoms with Gasteiger partial charge in [0.1, 0.15) is 16.4 Å². The van der Waals surface area contributed by atoms with E-state index in [0.717, 1.165) is 0 Å². The number of ether oxygens (including phenoxy) is 1. The molecular formula is C22H21ClN2O6S. The predicted octanol–water partition coefficient (Wildman–Crippen LogP) is 2.67. The molecule has 1 saturated heterocycles. The maximum atomic E-state index is 12.7. The molecule has 2 aromatic carbocycles. The van der Waals surface area contributed by atoms with E-state index >= 15 is 0 Å². The molecule has 0 N–H and O–H groups in total. The van der Waals surface area contributed by atoms with Gasteiger partial charge in [0.2, 0.25) is 10.0 Å². The Labute approximate surface area is 190 Å². The monoisotopic (exact) mass is 476 g/mol. The van der Waals surface area contributed by atoms with Crippen LogP contribution in [0.25, 0.3) is 11.0 Å². The average molecular weight is 477 g/mol. The van der Waals surface area contributed by atoms with E-state index in [0.29, 0.717) is 22.3 Å². The van der Waals surface area contributed by atoms with Crippen LogP contribution in [0.5, 0.6) is 5.75 Å². The van der Waals surface area contributed by atoms with Crippen LogP contribution in [-0.2, 0) is 14.8 Å². The lowest BCUT2D eigenvalue weighted by Gasteiger charge is -2.33. The molecule has 8 nitrogen and oxygen atoms in total. The van der Waals surface area contributed by atoms with Gasteiger partial charge in [0.05, 0.1) is 4.90 Å². The lowest BCUT2D eigenvalue weighted by Crippen LogP contribution is -2.51. The molecule has 10 heteroatoms. The molecule has 1 fully saturated rings. The fourth-order valence-corrected chi connectivity index (χ4v) is 5.14. The van der Waals surface area contributed by atoms with E-state index < -0.39 is 15.6 Å². The summed E-state index contributed by atoms with van der Waals surface area (Å²) in [6.07, 6.45) is 0. The zero-order valence-electron chi connectivity index (χ0n) is 17.3. The minimum Gasteiger partial charge on any atom is -0.484 e. The van der Waals surface area contributed by atoms with Gasteiger partial charge in [0.15, 0.2) is 6.61 Å². The second-order valence-electron chi connectivity index (χ2n) is 7.37. The molecule has 0 unspecified atom stereocenters. The van der Waals surface area contributed by atoms with E-state index in [1.807, 2.05) is 0 Å². The van der Waals surface area contributed by atoms with Crippen molar-refractivity contribution in [3.05, 3.63) is 69.5 Å². The summed E-state index contributed by atoms with van der Waals surface area (Å²) in [5.41, 5.74) is 0.304. The summed E-state index contributed by atoms with van der Waals surface area (Å²) >= 11 is 5.93. The van der Waals surface area contributed by atoms with Crippen molar-refractivity contribution in [3.8, 4) is 5.75 Å². The van der Waals surface area contributed by atoms with Crippen LogP contribution < -0.4 is 10.4 Å². The second kappa shape index (κ2) is 8.93. The molecule has 2 heterocycles. The number of carbonyl (C=O) groups is 1. The number of benzene rings is 2. The molecule has 1 aromatic heterocycles. The lowest BCUT2D eigenvalue weighted by molar-refractivity contribution is -0.134. The molecule has 0 radical (unpaired) electrons. The van der Waals surface area contributed by atoms with Gasteiger partial charge in [0, 0.05) is 37.6 Å². The highest BCUT2D eigenvalue weighted by Crippen LogP contribution is 2.26. The Morgan fingerprint density at radius 3 is 2.47 bits per heavy atom. The number of rotatable bonds is 5. The molecule has 168 valence electrons. The van der Waals surface area contributed by atoms with E-state index in [1.54, 1.807) is 54.3 Å². The fourth-order valence-electron chi connectivity index (χ4n) is 3.56. The zero-order chi connectivity index (χ0) is 22.9. The first-order valence-electron chi connectivity index (χ1n) is 9.96. The zero-order valence-corrected chi connectivity index (χ0v) is 18.9. The van der Waals surface area contributed by atoms with Gasteiger partial charge in [-0.1, -0.05) is 29.8 Å². The number of halogens is 1. The largest absolute Gasteiger partial charge is 0.484 e. The average Bonchev–Trinajstić information content (AvgIpc) is 2.81. The van der Waals surface area contributed by atoms with Crippen LogP contribution >= 0.6 is 11.6 Å². The van der Waals surface area contributed by atoms with Gasteiger partial charge in [-0.25, -0.2) is 13.2 Å². The molecule has 0 saturated carbocycles. The standard InChI is InChI=1S/C22H21ClN2O6S/c1-15-18-8-7-16(13-19(18)31-22(27)21(15)23)30-14-20(26)24-9-11-25(12-10-24)32(28,29)17-5-3-2-4-6-17/h2-8,13H,9-12,14H2,1H3. The van der Waals surface area contributed by atoms with Crippen molar-refractivity contribution in [2.24, 2.45) is 0 Å². The molecule has 0 aliphatic carbocycles. The van der Waals surface area contributed by atoms with Crippen molar-refractivity contribution >= 4 is 38.5 Å². The molecular weight excluding hydrogens is 456 g/mol. The van der Waals surface area contributed by atoms with Gasteiger partial charge in [-0.2, -0.15) is 4.31 Å². The highest BCUT2D eigenvalue weighted by molar-refractivity contribution is 7.89. The molecule has 0 spiro atoms. The summed E-state index contributed by atoms with van der Waals surface area (Å²) in [4.78, 5) is 26.1. The number of fused-ring (bicyclic) bond motifs is 1. The molecule has 3 aromatic rings. The Balaban J connectivity index is 1.37. The maximum Gasteiger partial charge on any atom is 0.355 e. The number of hydrogen-bond acceptors (Lipinski definition) is 6. The van der Waals surface area contributed by atoms with Crippen LogP contribution in [0.4, 0.5) is 0 Å². The normalized spacial score (nSPS) is 15.1. The Kier molecular flexibility index (Phi) is 6.23. The first kappa shape index (κ1) is 22.3. The van der Waals surface area contributed by atoms with Crippen molar-refractivity contribution in [1.29, 1.82) is 0 Å². The Hall–Kier alpha value is -2.88. The van der Waals surface area contributed by atoms with Crippen molar-refractivity contribution in [2.75, 3.05) is 32.8 Å². The first-order valence-corrected chi connectivity index (χ1v) is 11.8. The number of sulfonamides is 1. The third-order valence-corrected chi connectivity index (χ3v) is 7.75. The summed E-state index contributed by atoms with van der Waals surface area (Å²) in [6, 6.07) is 13.2. The van der Waals surface area contributed by atoms with Crippen LogP contribution in [0.3, 0.4) is 0 Å². The number of aryl methyl sites for hydroxylation is 1. The van der Waals surface area contributed by atoms with Gasteiger partial charge >= 0.3 is 5.63 Å². The Morgan fingerprint density at radius 2 is 1.78 bits per heavy atom. The number of carbonyl (C=O) groups excluding carboxylic acids is 1. The molecule has 4 rings (SSSR count). The number of nitrogens with zero attached hydrogens (tertiary/aromatic N) is 2. The third kappa shape index (κ3) is 4.36. The van der Waals surface area contributed by atoms with Crippen LogP contribution in [-0.4, -0.2) is 56.3 Å². The van der Waals surface area contributed by atoms with Gasteiger partial charge in [0.25, 0.3) is 5.91 Å².